The number of esters is 1. The molecule has 0 aliphatic heterocycles. The minimum atomic E-state index is -0.652. The molecule has 0 fully saturated rings. The summed E-state index contributed by atoms with van der Waals surface area (Å²) in [6.45, 7) is 3.80. The van der Waals surface area contributed by atoms with Crippen molar-refractivity contribution >= 4 is 50.6 Å². The maximum absolute atomic E-state index is 13.4. The molecule has 4 aromatic rings. The molecule has 9 heteroatoms. The van der Waals surface area contributed by atoms with Gasteiger partial charge in [0.05, 0.1) is 24.1 Å². The molecule has 0 aliphatic carbocycles. The molecule has 0 saturated carbocycles. The van der Waals surface area contributed by atoms with Crippen LogP contribution in [0.15, 0.2) is 58.7 Å². The summed E-state index contributed by atoms with van der Waals surface area (Å²) in [4.78, 5) is 38.7. The monoisotopic (exact) mass is 481 g/mol. The highest BCUT2D eigenvalue weighted by molar-refractivity contribution is 7.16. The van der Waals surface area contributed by atoms with Crippen LogP contribution in [0.2, 0.25) is 5.02 Å². The van der Waals surface area contributed by atoms with Crippen LogP contribution in [-0.2, 0) is 16.0 Å². The molecule has 1 amide bonds. The molecular formula is C24H20ClN3O4S. The fraction of sp³-hybridized carbons (Fsp3) is 0.167. The van der Waals surface area contributed by atoms with Gasteiger partial charge in [-0.15, -0.1) is 11.3 Å². The van der Waals surface area contributed by atoms with Crippen LogP contribution in [0, 0.1) is 6.92 Å². The molecule has 2 heterocycles. The minimum Gasteiger partial charge on any atom is -0.461 e. The van der Waals surface area contributed by atoms with Crippen LogP contribution in [-0.4, -0.2) is 28.3 Å². The van der Waals surface area contributed by atoms with Crippen LogP contribution in [0.1, 0.15) is 28.5 Å². The van der Waals surface area contributed by atoms with E-state index in [0.29, 0.717) is 21.1 Å². The predicted molar refractivity (Wildman–Crippen MR) is 130 cm³/mol. The van der Waals surface area contributed by atoms with Crippen molar-refractivity contribution in [3.63, 3.8) is 0 Å². The van der Waals surface area contributed by atoms with Crippen molar-refractivity contribution in [1.29, 1.82) is 0 Å². The number of rotatable bonds is 6. The van der Waals surface area contributed by atoms with E-state index in [1.54, 1.807) is 36.6 Å². The van der Waals surface area contributed by atoms with E-state index in [1.165, 1.54) is 0 Å². The lowest BCUT2D eigenvalue weighted by Crippen LogP contribution is -2.25. The van der Waals surface area contributed by atoms with E-state index >= 15 is 0 Å². The Labute approximate surface area is 198 Å². The Bertz CT molecular complexity index is 1410. The fourth-order valence-electron chi connectivity index (χ4n) is 3.43. The molecule has 0 unspecified atom stereocenters. The number of fused-ring (bicyclic) bond motifs is 1. The number of halogens is 1. The summed E-state index contributed by atoms with van der Waals surface area (Å²) in [5.41, 5.74) is 1.88. The third kappa shape index (κ3) is 4.81. The molecule has 0 spiro atoms. The van der Waals surface area contributed by atoms with Gasteiger partial charge in [0.25, 0.3) is 5.56 Å². The number of benzene rings is 2. The Morgan fingerprint density at radius 1 is 1.18 bits per heavy atom. The first-order valence-corrected chi connectivity index (χ1v) is 11.5. The first-order valence-electron chi connectivity index (χ1n) is 10.2. The number of anilines is 1. The first-order chi connectivity index (χ1) is 15.9. The molecule has 1 N–H and O–H groups in total. The van der Waals surface area contributed by atoms with Gasteiger partial charge in [-0.3, -0.25) is 9.59 Å². The van der Waals surface area contributed by atoms with Gasteiger partial charge in [0.2, 0.25) is 5.91 Å². The average Bonchev–Trinajstić information content (AvgIpc) is 3.19. The largest absolute Gasteiger partial charge is 0.461 e. The van der Waals surface area contributed by atoms with Gasteiger partial charge in [0, 0.05) is 15.8 Å². The minimum absolute atomic E-state index is 0.00293. The summed E-state index contributed by atoms with van der Waals surface area (Å²) in [6.07, 6.45) is 0.155. The van der Waals surface area contributed by atoms with Crippen LogP contribution in [0.3, 0.4) is 0 Å². The normalized spacial score (nSPS) is 10.9. The highest BCUT2D eigenvalue weighted by Crippen LogP contribution is 2.31. The summed E-state index contributed by atoms with van der Waals surface area (Å²) >= 11 is 7.13. The van der Waals surface area contributed by atoms with Gasteiger partial charge in [-0.25, -0.2) is 4.79 Å². The molecule has 4 rings (SSSR count). The molecule has 2 aromatic carbocycles. The number of ether oxygens (including phenoxy) is 1. The van der Waals surface area contributed by atoms with Crippen molar-refractivity contribution < 1.29 is 14.3 Å². The molecule has 168 valence electrons. The van der Waals surface area contributed by atoms with Gasteiger partial charge in [-0.05, 0) is 43.7 Å². The van der Waals surface area contributed by atoms with Crippen molar-refractivity contribution in [2.75, 3.05) is 11.9 Å². The third-order valence-electron chi connectivity index (χ3n) is 4.89. The lowest BCUT2D eigenvalue weighted by molar-refractivity contribution is -0.115. The predicted octanol–water partition coefficient (Wildman–Crippen LogP) is 4.77. The third-order valence-corrected chi connectivity index (χ3v) is 6.04. The van der Waals surface area contributed by atoms with Crippen molar-refractivity contribution in [1.82, 2.24) is 9.78 Å². The fourth-order valence-corrected chi connectivity index (χ4v) is 4.51. The van der Waals surface area contributed by atoms with Gasteiger partial charge in [-0.2, -0.15) is 9.78 Å². The number of thiophene rings is 1. The van der Waals surface area contributed by atoms with Crippen LogP contribution in [0.25, 0.3) is 16.5 Å². The highest BCUT2D eigenvalue weighted by Gasteiger charge is 2.23. The lowest BCUT2D eigenvalue weighted by Gasteiger charge is -2.10. The molecule has 0 saturated heterocycles. The second kappa shape index (κ2) is 9.56. The number of nitrogens with zero attached hydrogens (tertiary/aromatic N) is 2. The summed E-state index contributed by atoms with van der Waals surface area (Å²) in [7, 11) is 0. The summed E-state index contributed by atoms with van der Waals surface area (Å²) in [5, 5.41) is 10.1. The lowest BCUT2D eigenvalue weighted by atomic mass is 10.1. The van der Waals surface area contributed by atoms with Crippen LogP contribution in [0.4, 0.5) is 5.00 Å². The molecular weight excluding hydrogens is 462 g/mol. The van der Waals surface area contributed by atoms with Crippen LogP contribution < -0.4 is 10.9 Å². The number of carbonyl (C=O) groups excluding carboxylic acids is 2. The van der Waals surface area contributed by atoms with Crippen LogP contribution >= 0.6 is 22.9 Å². The standard InChI is InChI=1S/C24H20ClN3O4S/c1-3-32-24(31)21-18-13-33-22(26-19(29)12-15-6-4-5-14(2)11-15)20(18)23(30)28(27-21)17-9-7-16(25)8-10-17/h4-11,13H,3,12H2,1-2H3,(H,26,29). The molecule has 0 aliphatic rings. The van der Waals surface area contributed by atoms with E-state index in [2.05, 4.69) is 10.4 Å². The molecule has 2 aromatic heterocycles. The van der Waals surface area contributed by atoms with Crippen molar-refractivity contribution in [3.8, 4) is 5.69 Å². The molecule has 0 radical (unpaired) electrons. The van der Waals surface area contributed by atoms with E-state index in [-0.39, 0.29) is 30.0 Å². The Morgan fingerprint density at radius 3 is 2.64 bits per heavy atom. The highest BCUT2D eigenvalue weighted by atomic mass is 35.5. The molecule has 0 bridgehead atoms. The maximum Gasteiger partial charge on any atom is 0.359 e. The van der Waals surface area contributed by atoms with E-state index in [9.17, 15) is 14.4 Å². The number of hydrogen-bond acceptors (Lipinski definition) is 6. The zero-order valence-corrected chi connectivity index (χ0v) is 19.5. The second-order valence-corrected chi connectivity index (χ2v) is 8.65. The van der Waals surface area contributed by atoms with Gasteiger partial charge in [0.1, 0.15) is 5.00 Å². The Morgan fingerprint density at radius 2 is 1.94 bits per heavy atom. The van der Waals surface area contributed by atoms with Gasteiger partial charge in [-0.1, -0.05) is 41.4 Å². The van der Waals surface area contributed by atoms with E-state index in [1.807, 2.05) is 31.2 Å². The molecule has 33 heavy (non-hydrogen) atoms. The number of aryl methyl sites for hydroxylation is 1. The smallest absolute Gasteiger partial charge is 0.359 e. The number of nitrogens with one attached hydrogen (secondary N) is 1. The van der Waals surface area contributed by atoms with Gasteiger partial charge >= 0.3 is 5.97 Å². The average molecular weight is 482 g/mol. The summed E-state index contributed by atoms with van der Waals surface area (Å²) in [5.74, 6) is -0.919. The van der Waals surface area contributed by atoms with Gasteiger partial charge in [0.15, 0.2) is 5.69 Å². The first kappa shape index (κ1) is 22.7. The number of hydrogen-bond donors (Lipinski definition) is 1. The molecule has 0 atom stereocenters. The molecule has 7 nitrogen and oxygen atoms in total. The SMILES string of the molecule is CCOC(=O)c1nn(-c2ccc(Cl)cc2)c(=O)c2c(NC(=O)Cc3cccc(C)c3)scc12. The Balaban J connectivity index is 1.79. The van der Waals surface area contributed by atoms with Gasteiger partial charge < -0.3 is 10.1 Å². The topological polar surface area (TPSA) is 90.3 Å². The van der Waals surface area contributed by atoms with Crippen molar-refractivity contribution in [2.45, 2.75) is 20.3 Å². The number of aromatic nitrogens is 2. The Hall–Kier alpha value is -3.49. The number of amides is 1. The summed E-state index contributed by atoms with van der Waals surface area (Å²) in [6, 6.07) is 14.1. The van der Waals surface area contributed by atoms with Crippen molar-refractivity contribution in [3.05, 3.63) is 86.1 Å². The second-order valence-electron chi connectivity index (χ2n) is 7.33. The van der Waals surface area contributed by atoms with Crippen molar-refractivity contribution in [2.24, 2.45) is 0 Å². The zero-order valence-electron chi connectivity index (χ0n) is 17.9. The zero-order chi connectivity index (χ0) is 23.5. The van der Waals surface area contributed by atoms with E-state index in [0.717, 1.165) is 27.1 Å². The van der Waals surface area contributed by atoms with E-state index in [4.69, 9.17) is 16.3 Å². The number of carbonyl (C=O) groups is 2. The van der Waals surface area contributed by atoms with E-state index < -0.39 is 11.5 Å². The Kier molecular flexibility index (Phi) is 6.57. The quantitative estimate of drug-likeness (QED) is 0.401. The van der Waals surface area contributed by atoms with Crippen LogP contribution in [0.5, 0.6) is 0 Å². The summed E-state index contributed by atoms with van der Waals surface area (Å²) < 4.78 is 6.26. The maximum atomic E-state index is 13.4.